The molecule has 0 heterocycles. The van der Waals surface area contributed by atoms with Crippen molar-refractivity contribution in [1.29, 1.82) is 5.26 Å². The van der Waals surface area contributed by atoms with Gasteiger partial charge < -0.3 is 5.11 Å². The van der Waals surface area contributed by atoms with Gasteiger partial charge in [0.1, 0.15) is 35.4 Å². The molecule has 0 saturated carbocycles. The van der Waals surface area contributed by atoms with E-state index in [0.29, 0.717) is 5.56 Å². The number of aliphatic hydroxyl groups is 1. The molecular weight excluding hydrogens is 479 g/mol. The number of nitro benzene ring substituents is 1. The Kier molecular flexibility index (Phi) is 7.28. The van der Waals surface area contributed by atoms with Crippen molar-refractivity contribution >= 4 is 40.5 Å². The summed E-state index contributed by atoms with van der Waals surface area (Å²) in [6, 6.07) is 37.6. The molecule has 174 valence electrons. The van der Waals surface area contributed by atoms with Crippen molar-refractivity contribution in [3.8, 4) is 6.07 Å². The minimum Gasteiger partial charge on any atom is -0.385 e. The third kappa shape index (κ3) is 4.83. The molecule has 2 unspecified atom stereocenters. The fourth-order valence-electron chi connectivity index (χ4n) is 4.34. The number of hydrogen-bond acceptors (Lipinski definition) is 4. The van der Waals surface area contributed by atoms with Crippen molar-refractivity contribution in [1.82, 2.24) is 0 Å². The molecule has 4 aromatic rings. The van der Waals surface area contributed by atoms with E-state index in [2.05, 4.69) is 6.07 Å². The van der Waals surface area contributed by atoms with Crippen molar-refractivity contribution in [3.63, 3.8) is 0 Å². The van der Waals surface area contributed by atoms with E-state index in [9.17, 15) is 20.5 Å². The summed E-state index contributed by atoms with van der Waals surface area (Å²) in [6.45, 7) is 0. The Bertz CT molecular complexity index is 1230. The highest BCUT2D eigenvalue weighted by Crippen LogP contribution is 2.59. The third-order valence-corrected chi connectivity index (χ3v) is 11.2. The van der Waals surface area contributed by atoms with Crippen molar-refractivity contribution < 1.29 is 10.0 Å². The zero-order chi connectivity index (χ0) is 24.9. The summed E-state index contributed by atoms with van der Waals surface area (Å²) in [6.07, 6.45) is -1.21. The number of non-ortho nitro benzene ring substituents is 1. The maximum Gasteiger partial charge on any atom is 0.269 e. The lowest BCUT2D eigenvalue weighted by molar-refractivity contribution is -0.384. The van der Waals surface area contributed by atoms with Gasteiger partial charge in [0.05, 0.1) is 11.0 Å². The molecule has 0 aliphatic carbocycles. The zero-order valence-electron chi connectivity index (χ0n) is 18.7. The normalized spacial score (nSPS) is 13.9. The maximum atomic E-state index is 11.4. The van der Waals surface area contributed by atoms with Gasteiger partial charge in [-0.15, -0.1) is 0 Å². The number of nitrogens with zero attached hydrogens (tertiary/aromatic N) is 2. The van der Waals surface area contributed by atoms with Crippen LogP contribution in [0.25, 0.3) is 0 Å². The molecule has 1 N–H and O–H groups in total. The predicted octanol–water partition coefficient (Wildman–Crippen LogP) is 5.12. The second-order valence-electron chi connectivity index (χ2n) is 8.20. The van der Waals surface area contributed by atoms with Crippen molar-refractivity contribution in [2.45, 2.75) is 11.0 Å². The summed E-state index contributed by atoms with van der Waals surface area (Å²) in [4.78, 5) is 8.85. The molecule has 0 amide bonds. The first-order chi connectivity index (χ1) is 16.9. The van der Waals surface area contributed by atoms with Crippen LogP contribution in [-0.2, 0) is 0 Å². The number of nitro groups is 1. The van der Waals surface area contributed by atoms with Crippen LogP contribution >= 0.6 is 18.9 Å². The number of hydrogen-bond donors (Lipinski definition) is 1. The summed E-state index contributed by atoms with van der Waals surface area (Å²) in [7, 11) is -2.51. The largest absolute Gasteiger partial charge is 0.385 e. The van der Waals surface area contributed by atoms with Crippen LogP contribution in [0.5, 0.6) is 0 Å². The average molecular weight is 502 g/mol. The molecular formula is C28H23ClN2O3P+. The molecule has 2 atom stereocenters. The highest BCUT2D eigenvalue weighted by molar-refractivity contribution is 7.95. The van der Waals surface area contributed by atoms with Gasteiger partial charge in [0.15, 0.2) is 4.87 Å². The molecule has 4 rings (SSSR count). The third-order valence-electron chi connectivity index (χ3n) is 6.10. The number of alkyl halides is 1. The Morgan fingerprint density at radius 1 is 0.829 bits per heavy atom. The van der Waals surface area contributed by atoms with Crippen LogP contribution in [0.3, 0.4) is 0 Å². The highest BCUT2D eigenvalue weighted by Gasteiger charge is 2.54. The molecule has 0 spiro atoms. The fraction of sp³-hybridized carbons (Fsp3) is 0.107. The lowest BCUT2D eigenvalue weighted by atomic mass is 9.97. The first-order valence-corrected chi connectivity index (χ1v) is 13.3. The van der Waals surface area contributed by atoms with Crippen LogP contribution in [0.15, 0.2) is 115 Å². The van der Waals surface area contributed by atoms with Gasteiger partial charge >= 0.3 is 0 Å². The Hall–Kier alpha value is -3.55. The first kappa shape index (κ1) is 24.6. The second-order valence-corrected chi connectivity index (χ2v) is 12.4. The SMILES string of the molecule is N#CC(Cl)(C[P+](c1ccccc1)(c1ccccc1)c1ccccc1)C(O)c1ccc([N+](=O)[O-])cc1. The Balaban J connectivity index is 1.91. The molecule has 5 nitrogen and oxygen atoms in total. The monoisotopic (exact) mass is 501 g/mol. The molecule has 0 aromatic heterocycles. The smallest absolute Gasteiger partial charge is 0.269 e. The topological polar surface area (TPSA) is 87.2 Å². The van der Waals surface area contributed by atoms with E-state index in [-0.39, 0.29) is 11.8 Å². The molecule has 4 aromatic carbocycles. The van der Waals surface area contributed by atoms with Gasteiger partial charge in [-0.25, -0.2) is 0 Å². The molecule has 0 saturated heterocycles. The Labute approximate surface area is 209 Å². The van der Waals surface area contributed by atoms with E-state index in [1.807, 2.05) is 91.0 Å². The van der Waals surface area contributed by atoms with Crippen LogP contribution < -0.4 is 15.9 Å². The van der Waals surface area contributed by atoms with Crippen LogP contribution in [0.2, 0.25) is 0 Å². The predicted molar refractivity (Wildman–Crippen MR) is 142 cm³/mol. The van der Waals surface area contributed by atoms with E-state index >= 15 is 0 Å². The quantitative estimate of drug-likeness (QED) is 0.157. The van der Waals surface area contributed by atoms with Crippen molar-refractivity contribution in [3.05, 3.63) is 131 Å². The summed E-state index contributed by atoms with van der Waals surface area (Å²) < 4.78 is 0. The second kappa shape index (κ2) is 10.4. The number of halogens is 1. The van der Waals surface area contributed by atoms with Crippen LogP contribution in [0.1, 0.15) is 11.7 Å². The summed E-state index contributed by atoms with van der Waals surface area (Å²) in [5.41, 5.74) is 0.247. The van der Waals surface area contributed by atoms with Crippen LogP contribution in [-0.4, -0.2) is 21.1 Å². The van der Waals surface area contributed by atoms with Crippen LogP contribution in [0, 0.1) is 21.4 Å². The number of aliphatic hydroxyl groups excluding tert-OH is 1. The van der Waals surface area contributed by atoms with E-state index in [1.54, 1.807) is 0 Å². The maximum absolute atomic E-state index is 11.4. The molecule has 35 heavy (non-hydrogen) atoms. The van der Waals surface area contributed by atoms with Gasteiger partial charge in [-0.05, 0) is 54.1 Å². The van der Waals surface area contributed by atoms with Gasteiger partial charge in [-0.1, -0.05) is 66.2 Å². The Morgan fingerprint density at radius 2 is 1.23 bits per heavy atom. The van der Waals surface area contributed by atoms with E-state index < -0.39 is 23.2 Å². The summed E-state index contributed by atoms with van der Waals surface area (Å²) >= 11 is 7.03. The van der Waals surface area contributed by atoms with Gasteiger partial charge in [0.25, 0.3) is 5.69 Å². The molecule has 0 fully saturated rings. The molecule has 0 aliphatic rings. The van der Waals surface area contributed by atoms with Gasteiger partial charge in [0.2, 0.25) is 0 Å². The molecule has 0 bridgehead atoms. The van der Waals surface area contributed by atoms with E-state index in [4.69, 9.17) is 11.6 Å². The fourth-order valence-corrected chi connectivity index (χ4v) is 9.42. The number of benzene rings is 4. The number of nitriles is 1. The average Bonchev–Trinajstić information content (AvgIpc) is 2.92. The van der Waals surface area contributed by atoms with Gasteiger partial charge in [-0.3, -0.25) is 10.1 Å². The van der Waals surface area contributed by atoms with Gasteiger partial charge in [-0.2, -0.15) is 5.26 Å². The zero-order valence-corrected chi connectivity index (χ0v) is 20.4. The molecule has 0 radical (unpaired) electrons. The minimum atomic E-state index is -2.51. The van der Waals surface area contributed by atoms with Gasteiger partial charge in [0, 0.05) is 12.1 Å². The Morgan fingerprint density at radius 3 is 1.57 bits per heavy atom. The van der Waals surface area contributed by atoms with Crippen molar-refractivity contribution in [2.75, 3.05) is 6.16 Å². The standard InChI is InChI=1S/C28H23ClN2O3P/c29-28(20-30,27(32)22-16-18-23(19-17-22)31(33)34)21-35(24-10-4-1-5-11-24,25-12-6-2-7-13-25)26-14-8-3-9-15-26/h1-19,27,32H,21H2/q+1. The molecule has 0 aliphatic heterocycles. The highest BCUT2D eigenvalue weighted by atomic mass is 35.5. The lowest BCUT2D eigenvalue weighted by Crippen LogP contribution is -2.43. The van der Waals surface area contributed by atoms with E-state index in [0.717, 1.165) is 15.9 Å². The van der Waals surface area contributed by atoms with E-state index in [1.165, 1.54) is 24.3 Å². The van der Waals surface area contributed by atoms with Crippen molar-refractivity contribution in [2.24, 2.45) is 0 Å². The first-order valence-electron chi connectivity index (χ1n) is 11.0. The summed E-state index contributed by atoms with van der Waals surface area (Å²) in [5.74, 6) is 0. The van der Waals surface area contributed by atoms with Crippen LogP contribution in [0.4, 0.5) is 5.69 Å². The summed E-state index contributed by atoms with van der Waals surface area (Å²) in [5, 5.41) is 35.9. The lowest BCUT2D eigenvalue weighted by Gasteiger charge is -2.34. The molecule has 7 heteroatoms. The number of rotatable bonds is 8. The minimum absolute atomic E-state index is 0.0993.